The Labute approximate surface area is 391 Å². The third-order valence-corrected chi connectivity index (χ3v) is 13.9. The summed E-state index contributed by atoms with van der Waals surface area (Å²) in [5, 5.41) is 66.9. The number of carbonyl (C=O) groups excluding carboxylic acids is 2. The zero-order chi connectivity index (χ0) is 49.3. The van der Waals surface area contributed by atoms with Crippen molar-refractivity contribution in [3.05, 3.63) is 35.9 Å². The van der Waals surface area contributed by atoms with E-state index in [0.717, 1.165) is 5.56 Å². The molecule has 1 aromatic rings. The number of aliphatic hydroxyl groups is 5. The number of amides is 1. The van der Waals surface area contributed by atoms with Crippen molar-refractivity contribution in [2.45, 2.75) is 192 Å². The lowest BCUT2D eigenvalue weighted by molar-refractivity contribution is -0.317. The van der Waals surface area contributed by atoms with Gasteiger partial charge in [-0.3, -0.25) is 4.79 Å². The second kappa shape index (κ2) is 24.0. The maximum Gasteiger partial charge on any atom is 0.407 e. The van der Waals surface area contributed by atoms with Gasteiger partial charge < -0.3 is 73.7 Å². The number of rotatable bonds is 14. The summed E-state index contributed by atoms with van der Waals surface area (Å²) in [4.78, 5) is 34.5. The van der Waals surface area contributed by atoms with Crippen molar-refractivity contribution in [2.75, 3.05) is 34.4 Å². The van der Waals surface area contributed by atoms with Crippen LogP contribution in [-0.2, 0) is 49.4 Å². The van der Waals surface area contributed by atoms with Crippen LogP contribution in [0.5, 0.6) is 0 Å². The first-order valence-corrected chi connectivity index (χ1v) is 23.5. The molecule has 3 saturated heterocycles. The molecule has 1 amide bonds. The first-order chi connectivity index (χ1) is 30.9. The van der Waals surface area contributed by atoms with Crippen molar-refractivity contribution in [3.8, 4) is 0 Å². The number of methoxy groups -OCH3 is 1. The normalized spacial score (nSPS) is 41.5. The number of aliphatic hydroxyl groups excluding tert-OH is 3. The van der Waals surface area contributed by atoms with Crippen LogP contribution in [0.25, 0.3) is 0 Å². The molecule has 18 atom stereocenters. The molecule has 378 valence electrons. The lowest BCUT2D eigenvalue weighted by atomic mass is 9.73. The summed E-state index contributed by atoms with van der Waals surface area (Å²) in [6.45, 7) is 17.3. The number of likely N-dealkylation sites (N-methyl/N-ethyl adjacent to an activating group) is 1. The van der Waals surface area contributed by atoms with E-state index in [9.17, 15) is 35.1 Å². The second-order valence-electron chi connectivity index (χ2n) is 19.8. The predicted molar refractivity (Wildman–Crippen MR) is 244 cm³/mol. The van der Waals surface area contributed by atoms with Crippen LogP contribution < -0.4 is 5.32 Å². The molecule has 0 bridgehead atoms. The van der Waals surface area contributed by atoms with Crippen LogP contribution in [0.15, 0.2) is 35.5 Å². The van der Waals surface area contributed by atoms with Crippen molar-refractivity contribution in [1.29, 1.82) is 0 Å². The van der Waals surface area contributed by atoms with Gasteiger partial charge in [0.2, 0.25) is 0 Å². The highest BCUT2D eigenvalue weighted by molar-refractivity contribution is 5.88. The molecule has 0 aromatic heterocycles. The Morgan fingerprint density at radius 1 is 0.939 bits per heavy atom. The van der Waals surface area contributed by atoms with Crippen LogP contribution in [-0.4, -0.2) is 167 Å². The number of nitrogens with zero attached hydrogens (tertiary/aromatic N) is 2. The smallest absolute Gasteiger partial charge is 0.407 e. The molecular formula is C48H81N3O15. The number of cyclic esters (lactones) is 1. The number of esters is 1. The number of benzene rings is 1. The van der Waals surface area contributed by atoms with Gasteiger partial charge in [0.25, 0.3) is 0 Å². The zero-order valence-corrected chi connectivity index (χ0v) is 41.4. The van der Waals surface area contributed by atoms with Crippen LogP contribution in [0.1, 0.15) is 107 Å². The van der Waals surface area contributed by atoms with Crippen molar-refractivity contribution in [3.63, 3.8) is 0 Å². The van der Waals surface area contributed by atoms with Crippen LogP contribution in [0.2, 0.25) is 0 Å². The maximum atomic E-state index is 14.4. The molecule has 4 rings (SSSR count). The minimum atomic E-state index is -2.00. The van der Waals surface area contributed by atoms with Gasteiger partial charge in [-0.15, -0.1) is 0 Å². The van der Waals surface area contributed by atoms with Crippen LogP contribution in [0.4, 0.5) is 4.79 Å². The summed E-state index contributed by atoms with van der Waals surface area (Å²) in [6.07, 6.45) is -10.0. The van der Waals surface area contributed by atoms with E-state index in [2.05, 4.69) is 10.5 Å². The number of ether oxygens (including phenoxy) is 7. The van der Waals surface area contributed by atoms with E-state index in [1.807, 2.05) is 63.2 Å². The predicted octanol–water partition coefficient (Wildman–Crippen LogP) is 3.91. The lowest BCUT2D eigenvalue weighted by Gasteiger charge is -2.49. The quantitative estimate of drug-likeness (QED) is 0.0882. The molecule has 3 aliphatic rings. The highest BCUT2D eigenvalue weighted by Gasteiger charge is 2.53. The van der Waals surface area contributed by atoms with Gasteiger partial charge in [0.05, 0.1) is 53.4 Å². The maximum absolute atomic E-state index is 14.4. The molecule has 6 N–H and O–H groups in total. The highest BCUT2D eigenvalue weighted by atomic mass is 16.7. The van der Waals surface area contributed by atoms with E-state index >= 15 is 0 Å². The summed E-state index contributed by atoms with van der Waals surface area (Å²) >= 11 is 0. The highest BCUT2D eigenvalue weighted by Crippen LogP contribution is 2.41. The Bertz CT molecular complexity index is 1700. The van der Waals surface area contributed by atoms with Gasteiger partial charge in [-0.2, -0.15) is 0 Å². The van der Waals surface area contributed by atoms with Crippen LogP contribution in [0.3, 0.4) is 0 Å². The SMILES string of the molecule is CCC1OC(=O)[C@H](C)C(O[C@H]2C[C@@](C)(OC)[C@@H](O)[C@H](C)O2)[C@H](C)[C@@H](O[C@@H]2O[C@H](C)C[C@H](N(C)C)[C@H]2O)[C@](C)(O)C[C@@H](C)/C(=N\OCCCNC(=O)OCc2ccccc2)[C@H](C)[C@@H](O)[C@]1(C)O. The Hall–Kier alpha value is -3.01. The van der Waals surface area contributed by atoms with Gasteiger partial charge in [-0.05, 0) is 80.5 Å². The van der Waals surface area contributed by atoms with E-state index in [1.54, 1.807) is 48.5 Å². The topological polar surface area (TPSA) is 237 Å². The average Bonchev–Trinajstić information content (AvgIpc) is 3.26. The molecular weight excluding hydrogens is 859 g/mol. The largest absolute Gasteiger partial charge is 0.459 e. The Kier molecular flexibility index (Phi) is 20.2. The lowest BCUT2D eigenvalue weighted by Crippen LogP contribution is -2.61. The van der Waals surface area contributed by atoms with E-state index in [0.29, 0.717) is 18.6 Å². The number of hydrogen-bond donors (Lipinski definition) is 6. The fourth-order valence-corrected chi connectivity index (χ4v) is 9.82. The van der Waals surface area contributed by atoms with E-state index in [4.69, 9.17) is 38.0 Å². The summed E-state index contributed by atoms with van der Waals surface area (Å²) in [5.41, 5.74) is -3.73. The summed E-state index contributed by atoms with van der Waals surface area (Å²) < 4.78 is 43.1. The molecule has 18 heteroatoms. The van der Waals surface area contributed by atoms with Crippen molar-refractivity contribution >= 4 is 17.8 Å². The number of nitrogens with one attached hydrogen (secondary N) is 1. The van der Waals surface area contributed by atoms with Crippen molar-refractivity contribution in [2.24, 2.45) is 28.8 Å². The monoisotopic (exact) mass is 940 g/mol. The molecule has 18 nitrogen and oxygen atoms in total. The first kappa shape index (κ1) is 55.6. The Morgan fingerprint density at radius 2 is 1.61 bits per heavy atom. The molecule has 3 fully saturated rings. The van der Waals surface area contributed by atoms with E-state index in [-0.39, 0.29) is 51.2 Å². The third-order valence-electron chi connectivity index (χ3n) is 13.9. The average molecular weight is 940 g/mol. The fraction of sp³-hybridized carbons (Fsp3) is 0.812. The van der Waals surface area contributed by atoms with Gasteiger partial charge >= 0.3 is 12.1 Å². The van der Waals surface area contributed by atoms with Gasteiger partial charge in [0.1, 0.15) is 37.1 Å². The molecule has 2 unspecified atom stereocenters. The second-order valence-corrected chi connectivity index (χ2v) is 19.8. The van der Waals surface area contributed by atoms with Gasteiger partial charge in [0.15, 0.2) is 12.6 Å². The molecule has 1 aromatic carbocycles. The van der Waals surface area contributed by atoms with Crippen LogP contribution in [0, 0.1) is 23.7 Å². The fourth-order valence-electron chi connectivity index (χ4n) is 9.82. The molecule has 3 heterocycles. The van der Waals surface area contributed by atoms with Crippen molar-refractivity contribution in [1.82, 2.24) is 10.2 Å². The van der Waals surface area contributed by atoms with Gasteiger partial charge in [-0.1, -0.05) is 63.2 Å². The van der Waals surface area contributed by atoms with E-state index in [1.165, 1.54) is 14.0 Å². The molecule has 3 aliphatic heterocycles. The minimum absolute atomic E-state index is 0.0542. The molecule has 66 heavy (non-hydrogen) atoms. The Balaban J connectivity index is 1.72. The van der Waals surface area contributed by atoms with Crippen LogP contribution >= 0.6 is 0 Å². The Morgan fingerprint density at radius 3 is 2.23 bits per heavy atom. The van der Waals surface area contributed by atoms with Crippen molar-refractivity contribution < 1.29 is 73.1 Å². The summed E-state index contributed by atoms with van der Waals surface area (Å²) in [5.74, 6) is -4.26. The molecule has 0 radical (unpaired) electrons. The van der Waals surface area contributed by atoms with Gasteiger partial charge in [-0.25, -0.2) is 4.79 Å². The molecule has 0 saturated carbocycles. The zero-order valence-electron chi connectivity index (χ0n) is 41.4. The standard InChI is InChI=1S/C48H81N3O15/c1-14-35-48(10,58)40(53)29(4)37(50-61-22-18-21-49-45(56)60-26-33-19-16-15-17-20-33)27(2)24-46(8,57)42(66-44-38(52)34(51(11)12)23-28(3)62-44)30(5)39(31(6)43(55)64-35)65-36-25-47(9,59-13)41(54)32(7)63-36/h15-17,19-20,27-32,34-36,38-42,44,52-54,57-58H,14,18,21-26H2,1-13H3,(H,49,56)/b50-37+/t27-,28-,29+,30+,31-,32+,34+,35?,36+,38-,39?,40-,41+,42-,44+,46-,47-,48-/m1/s1. The van der Waals surface area contributed by atoms with E-state index < -0.39 is 108 Å². The number of carbonyl (C=O) groups is 2. The number of hydrogen-bond acceptors (Lipinski definition) is 17. The van der Waals surface area contributed by atoms with Gasteiger partial charge in [0, 0.05) is 50.3 Å². The molecule has 0 spiro atoms. The minimum Gasteiger partial charge on any atom is -0.459 e. The first-order valence-electron chi connectivity index (χ1n) is 23.5. The summed E-state index contributed by atoms with van der Waals surface area (Å²) in [6, 6.07) is 8.95. The summed E-state index contributed by atoms with van der Waals surface area (Å²) in [7, 11) is 5.20. The third kappa shape index (κ3) is 13.8. The number of oxime groups is 1. The number of alkyl carbamates (subject to hydrolysis) is 1. The molecule has 0 aliphatic carbocycles.